The third-order valence-electron chi connectivity index (χ3n) is 8.32. The predicted octanol–water partition coefficient (Wildman–Crippen LogP) is 4.74. The number of halogens is 2. The smallest absolute Gasteiger partial charge is 0.251 e. The Labute approximate surface area is 229 Å². The van der Waals surface area contributed by atoms with Gasteiger partial charge in [-0.2, -0.15) is 0 Å². The molecule has 2 saturated heterocycles. The van der Waals surface area contributed by atoms with E-state index >= 15 is 0 Å². The second-order valence-corrected chi connectivity index (χ2v) is 12.5. The van der Waals surface area contributed by atoms with E-state index in [0.29, 0.717) is 34.1 Å². The van der Waals surface area contributed by atoms with Crippen LogP contribution in [0.3, 0.4) is 0 Å². The van der Waals surface area contributed by atoms with Crippen LogP contribution in [0, 0.1) is 12.3 Å². The summed E-state index contributed by atoms with van der Waals surface area (Å²) in [6, 6.07) is 5.94. The quantitative estimate of drug-likeness (QED) is 0.449. The maximum absolute atomic E-state index is 13.7. The van der Waals surface area contributed by atoms with Gasteiger partial charge in [0.25, 0.3) is 5.92 Å². The monoisotopic (exact) mass is 556 g/mol. The molecule has 1 aromatic carbocycles. The molecule has 9 nitrogen and oxygen atoms in total. The molecule has 0 radical (unpaired) electrons. The Morgan fingerprint density at radius 3 is 2.38 bits per heavy atom. The number of hydrogen-bond acceptors (Lipinski definition) is 7. The van der Waals surface area contributed by atoms with Crippen LogP contribution in [0.5, 0.6) is 0 Å². The van der Waals surface area contributed by atoms with Crippen molar-refractivity contribution in [3.8, 4) is 17.1 Å². The highest BCUT2D eigenvalue weighted by atomic mass is 32.2. The number of piperidine rings is 2. The van der Waals surface area contributed by atoms with Gasteiger partial charge in [-0.1, -0.05) is 12.1 Å². The summed E-state index contributed by atoms with van der Waals surface area (Å²) >= 11 is 0. The molecule has 3 aliphatic rings. The lowest BCUT2D eigenvalue weighted by Gasteiger charge is -2.35. The molecule has 2 aromatic heterocycles. The predicted molar refractivity (Wildman–Crippen MR) is 149 cm³/mol. The van der Waals surface area contributed by atoms with Crippen LogP contribution < -0.4 is 14.5 Å². The molecule has 0 amide bonds. The molecule has 1 unspecified atom stereocenters. The van der Waals surface area contributed by atoms with E-state index in [4.69, 9.17) is 4.98 Å². The number of anilines is 3. The fraction of sp³-hybridized carbons (Fsp3) is 0.556. The van der Waals surface area contributed by atoms with Gasteiger partial charge in [0, 0.05) is 50.5 Å². The third kappa shape index (κ3) is 5.48. The standard InChI is InChI=1S/C27H34F2N8OS/c1-3-39(38)33-20-4-5-23(24(16-20)35-12-8-26(6-7-26)9-13-35)37-18-22(32-34-37)21-17-30-19(2)25(31-21)36-14-10-27(28,29)11-15-36/h4-5,16-18,33H,3,6-15H2,1-2H3. The number of nitrogens with zero attached hydrogens (tertiary/aromatic N) is 7. The largest absolute Gasteiger partial charge is 0.370 e. The molecule has 3 fully saturated rings. The molecular weight excluding hydrogens is 522 g/mol. The van der Waals surface area contributed by atoms with E-state index in [9.17, 15) is 13.0 Å². The first-order valence-corrected chi connectivity index (χ1v) is 15.0. The van der Waals surface area contributed by atoms with Gasteiger partial charge in [-0.05, 0) is 56.2 Å². The van der Waals surface area contributed by atoms with Crippen LogP contribution in [0.2, 0.25) is 0 Å². The van der Waals surface area contributed by atoms with Crippen molar-refractivity contribution in [3.05, 3.63) is 36.3 Å². The highest BCUT2D eigenvalue weighted by molar-refractivity contribution is 7.86. The van der Waals surface area contributed by atoms with Gasteiger partial charge in [-0.3, -0.25) is 4.98 Å². The Bertz CT molecular complexity index is 1370. The Hall–Kier alpha value is -3.15. The van der Waals surface area contributed by atoms with Gasteiger partial charge < -0.3 is 14.5 Å². The summed E-state index contributed by atoms with van der Waals surface area (Å²) in [7, 11) is -1.14. The lowest BCUT2D eigenvalue weighted by Crippen LogP contribution is -2.40. The van der Waals surface area contributed by atoms with Crippen LogP contribution >= 0.6 is 0 Å². The van der Waals surface area contributed by atoms with Crippen molar-refractivity contribution in [2.45, 2.75) is 58.3 Å². The maximum atomic E-state index is 13.7. The van der Waals surface area contributed by atoms with E-state index in [-0.39, 0.29) is 25.9 Å². The van der Waals surface area contributed by atoms with Crippen molar-refractivity contribution in [1.29, 1.82) is 0 Å². The summed E-state index contributed by atoms with van der Waals surface area (Å²) in [6.07, 6.45) is 8.12. The van der Waals surface area contributed by atoms with E-state index in [1.807, 2.05) is 43.1 Å². The molecule has 6 rings (SSSR count). The minimum atomic E-state index is -2.62. The molecule has 1 atom stereocenters. The van der Waals surface area contributed by atoms with Crippen molar-refractivity contribution in [2.75, 3.05) is 46.5 Å². The molecule has 208 valence electrons. The van der Waals surface area contributed by atoms with Gasteiger partial charge in [-0.25, -0.2) is 22.7 Å². The Kier molecular flexibility index (Phi) is 6.76. The van der Waals surface area contributed by atoms with Crippen LogP contribution in [0.15, 0.2) is 30.6 Å². The molecule has 1 spiro atoms. The highest BCUT2D eigenvalue weighted by Gasteiger charge is 2.44. The van der Waals surface area contributed by atoms with Gasteiger partial charge in [-0.15, -0.1) is 5.10 Å². The van der Waals surface area contributed by atoms with E-state index in [1.54, 1.807) is 10.9 Å². The first-order chi connectivity index (χ1) is 18.7. The topological polar surface area (TPSA) is 92.1 Å². The van der Waals surface area contributed by atoms with Crippen LogP contribution in [-0.2, 0) is 11.0 Å². The average Bonchev–Trinajstić information content (AvgIpc) is 3.50. The van der Waals surface area contributed by atoms with Gasteiger partial charge in [0.05, 0.1) is 29.5 Å². The van der Waals surface area contributed by atoms with Gasteiger partial charge in [0.2, 0.25) is 0 Å². The van der Waals surface area contributed by atoms with Crippen molar-refractivity contribution >= 4 is 28.2 Å². The van der Waals surface area contributed by atoms with E-state index in [1.165, 1.54) is 25.7 Å². The minimum absolute atomic E-state index is 0.189. The zero-order valence-corrected chi connectivity index (χ0v) is 23.2. The summed E-state index contributed by atoms with van der Waals surface area (Å²) in [6.45, 7) is 6.14. The number of aryl methyl sites for hydroxylation is 1. The Morgan fingerprint density at radius 2 is 1.69 bits per heavy atom. The summed E-state index contributed by atoms with van der Waals surface area (Å²) in [5, 5.41) is 8.82. The maximum Gasteiger partial charge on any atom is 0.251 e. The molecule has 1 aliphatic carbocycles. The third-order valence-corrected chi connectivity index (χ3v) is 9.31. The molecule has 4 heterocycles. The minimum Gasteiger partial charge on any atom is -0.370 e. The number of rotatable bonds is 7. The zero-order valence-electron chi connectivity index (χ0n) is 22.4. The summed E-state index contributed by atoms with van der Waals surface area (Å²) in [5.41, 5.74) is 5.06. The molecule has 39 heavy (non-hydrogen) atoms. The lowest BCUT2D eigenvalue weighted by atomic mass is 9.93. The Balaban J connectivity index is 1.29. The Morgan fingerprint density at radius 1 is 0.974 bits per heavy atom. The highest BCUT2D eigenvalue weighted by Crippen LogP contribution is 2.54. The van der Waals surface area contributed by atoms with Crippen molar-refractivity contribution in [3.63, 3.8) is 0 Å². The zero-order chi connectivity index (χ0) is 27.2. The number of benzene rings is 1. The van der Waals surface area contributed by atoms with E-state index in [2.05, 4.69) is 24.9 Å². The number of hydrogen-bond donors (Lipinski definition) is 1. The first kappa shape index (κ1) is 26.1. The molecule has 2 aliphatic heterocycles. The summed E-state index contributed by atoms with van der Waals surface area (Å²) in [5.74, 6) is -1.49. The second kappa shape index (κ2) is 10.1. The normalized spacial score (nSPS) is 20.7. The number of alkyl halides is 2. The first-order valence-electron chi connectivity index (χ1n) is 13.7. The average molecular weight is 557 g/mol. The van der Waals surface area contributed by atoms with Crippen molar-refractivity contribution < 1.29 is 13.0 Å². The van der Waals surface area contributed by atoms with Gasteiger partial charge >= 0.3 is 0 Å². The van der Waals surface area contributed by atoms with E-state index < -0.39 is 16.9 Å². The molecule has 1 saturated carbocycles. The van der Waals surface area contributed by atoms with Crippen LogP contribution in [0.25, 0.3) is 17.1 Å². The fourth-order valence-corrected chi connectivity index (χ4v) is 6.08. The van der Waals surface area contributed by atoms with E-state index in [0.717, 1.165) is 30.2 Å². The van der Waals surface area contributed by atoms with Crippen molar-refractivity contribution in [2.24, 2.45) is 5.41 Å². The molecule has 12 heteroatoms. The molecule has 1 N–H and O–H groups in total. The number of aromatic nitrogens is 5. The lowest BCUT2D eigenvalue weighted by molar-refractivity contribution is -0.0221. The summed E-state index contributed by atoms with van der Waals surface area (Å²) in [4.78, 5) is 13.5. The molecular formula is C27H34F2N8OS. The van der Waals surface area contributed by atoms with Gasteiger partial charge in [0.15, 0.2) is 5.82 Å². The van der Waals surface area contributed by atoms with Crippen molar-refractivity contribution in [1.82, 2.24) is 25.0 Å². The molecule has 3 aromatic rings. The van der Waals surface area contributed by atoms with Crippen LogP contribution in [0.4, 0.5) is 26.0 Å². The van der Waals surface area contributed by atoms with Crippen LogP contribution in [-0.4, -0.2) is 67.0 Å². The molecule has 0 bridgehead atoms. The number of nitrogens with one attached hydrogen (secondary N) is 1. The summed E-state index contributed by atoms with van der Waals surface area (Å²) < 4.78 is 44.4. The van der Waals surface area contributed by atoms with Gasteiger partial charge in [0.1, 0.15) is 22.4 Å². The van der Waals surface area contributed by atoms with Crippen LogP contribution in [0.1, 0.15) is 51.1 Å². The SMILES string of the molecule is CCS(=O)Nc1ccc(-n2cc(-c3cnc(C)c(N4CCC(F)(F)CC4)n3)nn2)c(N2CCC3(CC2)CC3)c1. The fourth-order valence-electron chi connectivity index (χ4n) is 5.54. The second-order valence-electron chi connectivity index (χ2n) is 11.0.